The van der Waals surface area contributed by atoms with Crippen molar-refractivity contribution in [1.82, 2.24) is 19.8 Å². The summed E-state index contributed by atoms with van der Waals surface area (Å²) in [7, 11) is 0. The molecular weight excluding hydrogens is 371 g/mol. The van der Waals surface area contributed by atoms with E-state index in [4.69, 9.17) is 0 Å². The Hall–Kier alpha value is -1.56. The van der Waals surface area contributed by atoms with E-state index in [0.29, 0.717) is 12.1 Å². The summed E-state index contributed by atoms with van der Waals surface area (Å²) >= 11 is 0. The lowest BCUT2D eigenvalue weighted by atomic mass is 10.1. The summed E-state index contributed by atoms with van der Waals surface area (Å²) in [5, 5.41) is 3.46. The first-order chi connectivity index (χ1) is 11.7. The fourth-order valence-corrected chi connectivity index (χ4v) is 4.27. The average Bonchev–Trinajstić information content (AvgIpc) is 3.02. The molecule has 2 saturated heterocycles. The molecule has 0 spiro atoms. The standard InChI is InChI=1S/C19H24N4O.2ClH/c1-13-11-17(14(2)22(13)18-5-3-4-9-21-18)19(24)23-15-6-7-16(23)12-20-10-8-15;;/h3-5,9,11,15-16,20H,6-8,10,12H2,1-2H3;2*1H. The average molecular weight is 397 g/mol. The van der Waals surface area contributed by atoms with E-state index in [1.165, 1.54) is 0 Å². The molecule has 4 heterocycles. The topological polar surface area (TPSA) is 50.2 Å². The van der Waals surface area contributed by atoms with Crippen LogP contribution in [-0.4, -0.2) is 45.5 Å². The predicted octanol–water partition coefficient (Wildman–Crippen LogP) is 3.30. The smallest absolute Gasteiger partial charge is 0.256 e. The molecule has 2 aliphatic rings. The predicted molar refractivity (Wildman–Crippen MR) is 108 cm³/mol. The van der Waals surface area contributed by atoms with E-state index in [9.17, 15) is 4.79 Å². The Balaban J connectivity index is 0.00000121. The van der Waals surface area contributed by atoms with E-state index in [2.05, 4.69) is 19.8 Å². The highest BCUT2D eigenvalue weighted by molar-refractivity contribution is 5.96. The number of aryl methyl sites for hydroxylation is 1. The zero-order valence-corrected chi connectivity index (χ0v) is 16.8. The number of nitrogens with zero attached hydrogens (tertiary/aromatic N) is 3. The molecule has 2 fully saturated rings. The third kappa shape index (κ3) is 3.48. The van der Waals surface area contributed by atoms with Crippen molar-refractivity contribution in [2.24, 2.45) is 0 Å². The molecule has 0 aromatic carbocycles. The van der Waals surface area contributed by atoms with Crippen LogP contribution >= 0.6 is 24.8 Å². The van der Waals surface area contributed by atoms with Crippen molar-refractivity contribution in [3.63, 3.8) is 0 Å². The van der Waals surface area contributed by atoms with Crippen LogP contribution in [0.15, 0.2) is 30.5 Å². The minimum Gasteiger partial charge on any atom is -0.331 e. The Morgan fingerprint density at radius 2 is 1.92 bits per heavy atom. The first-order valence-corrected chi connectivity index (χ1v) is 8.80. The number of aromatic nitrogens is 2. The van der Waals surface area contributed by atoms with Crippen LogP contribution in [0.4, 0.5) is 0 Å². The minimum atomic E-state index is 0. The first-order valence-electron chi connectivity index (χ1n) is 8.80. The third-order valence-electron chi connectivity index (χ3n) is 5.43. The van der Waals surface area contributed by atoms with Gasteiger partial charge in [-0.05, 0) is 57.9 Å². The van der Waals surface area contributed by atoms with Gasteiger partial charge in [0.15, 0.2) is 0 Å². The SMILES string of the molecule is Cc1cc(C(=O)N2C3CCNCC2CC3)c(C)n1-c1ccccn1.Cl.Cl. The number of hydrogen-bond acceptors (Lipinski definition) is 3. The second-order valence-corrected chi connectivity index (χ2v) is 6.90. The van der Waals surface area contributed by atoms with Gasteiger partial charge in [-0.1, -0.05) is 6.07 Å². The van der Waals surface area contributed by atoms with Crippen LogP contribution in [0.5, 0.6) is 0 Å². The van der Waals surface area contributed by atoms with Crippen molar-refractivity contribution in [3.05, 3.63) is 47.4 Å². The van der Waals surface area contributed by atoms with Gasteiger partial charge in [0.25, 0.3) is 5.91 Å². The monoisotopic (exact) mass is 396 g/mol. The molecule has 2 aromatic heterocycles. The number of nitrogens with one attached hydrogen (secondary N) is 1. The molecule has 4 rings (SSSR count). The van der Waals surface area contributed by atoms with Crippen molar-refractivity contribution < 1.29 is 4.79 Å². The van der Waals surface area contributed by atoms with Gasteiger partial charge in [-0.15, -0.1) is 24.8 Å². The molecule has 2 bridgehead atoms. The number of halogens is 2. The summed E-state index contributed by atoms with van der Waals surface area (Å²) in [6.07, 6.45) is 5.09. The maximum atomic E-state index is 13.3. The fourth-order valence-electron chi connectivity index (χ4n) is 4.27. The normalized spacial score (nSPS) is 21.5. The first kappa shape index (κ1) is 20.7. The van der Waals surface area contributed by atoms with Gasteiger partial charge in [0.2, 0.25) is 0 Å². The number of amides is 1. The Kier molecular flexibility index (Phi) is 6.72. The number of pyridine rings is 1. The van der Waals surface area contributed by atoms with Crippen LogP contribution in [0.1, 0.15) is 41.0 Å². The molecule has 2 unspecified atom stereocenters. The summed E-state index contributed by atoms with van der Waals surface area (Å²) in [5.41, 5.74) is 2.85. The van der Waals surface area contributed by atoms with E-state index in [1.54, 1.807) is 6.20 Å². The molecule has 7 heteroatoms. The Morgan fingerprint density at radius 3 is 2.65 bits per heavy atom. The number of rotatable bonds is 2. The summed E-state index contributed by atoms with van der Waals surface area (Å²) in [4.78, 5) is 19.9. The Morgan fingerprint density at radius 1 is 1.15 bits per heavy atom. The molecular formula is C19H26Cl2N4O. The maximum Gasteiger partial charge on any atom is 0.256 e. The van der Waals surface area contributed by atoms with Crippen LogP contribution in [-0.2, 0) is 0 Å². The summed E-state index contributed by atoms with van der Waals surface area (Å²) < 4.78 is 2.07. The van der Waals surface area contributed by atoms with E-state index in [-0.39, 0.29) is 30.7 Å². The molecule has 1 amide bonds. The van der Waals surface area contributed by atoms with E-state index >= 15 is 0 Å². The minimum absolute atomic E-state index is 0. The molecule has 0 aliphatic carbocycles. The zero-order valence-electron chi connectivity index (χ0n) is 15.1. The third-order valence-corrected chi connectivity index (χ3v) is 5.43. The molecule has 2 aromatic rings. The molecule has 5 nitrogen and oxygen atoms in total. The lowest BCUT2D eigenvalue weighted by Crippen LogP contribution is -2.42. The van der Waals surface area contributed by atoms with Gasteiger partial charge < -0.3 is 14.8 Å². The van der Waals surface area contributed by atoms with Crippen LogP contribution in [0, 0.1) is 13.8 Å². The van der Waals surface area contributed by atoms with E-state index in [1.807, 2.05) is 38.1 Å². The zero-order chi connectivity index (χ0) is 16.7. The Labute approximate surface area is 167 Å². The number of fused-ring (bicyclic) bond motifs is 2. The van der Waals surface area contributed by atoms with Crippen molar-refractivity contribution in [2.45, 2.75) is 45.2 Å². The van der Waals surface area contributed by atoms with E-state index < -0.39 is 0 Å². The fraction of sp³-hybridized carbons (Fsp3) is 0.474. The van der Waals surface area contributed by atoms with Crippen molar-refractivity contribution in [1.29, 1.82) is 0 Å². The van der Waals surface area contributed by atoms with Gasteiger partial charge in [0.1, 0.15) is 5.82 Å². The summed E-state index contributed by atoms with van der Waals surface area (Å²) in [5.74, 6) is 1.05. The van der Waals surface area contributed by atoms with Crippen LogP contribution in [0.25, 0.3) is 5.82 Å². The lowest BCUT2D eigenvalue weighted by molar-refractivity contribution is 0.0679. The Bertz CT molecular complexity index is 748. The lowest BCUT2D eigenvalue weighted by Gasteiger charge is -2.28. The number of hydrogen-bond donors (Lipinski definition) is 1. The summed E-state index contributed by atoms with van der Waals surface area (Å²) in [6.45, 7) is 5.99. The van der Waals surface area contributed by atoms with E-state index in [0.717, 1.165) is 55.1 Å². The molecule has 0 saturated carbocycles. The van der Waals surface area contributed by atoms with Gasteiger partial charge in [0, 0.05) is 36.2 Å². The molecule has 1 N–H and O–H groups in total. The molecule has 0 radical (unpaired) electrons. The van der Waals surface area contributed by atoms with Gasteiger partial charge in [-0.2, -0.15) is 0 Å². The van der Waals surface area contributed by atoms with Gasteiger partial charge in [0.05, 0.1) is 5.56 Å². The number of carbonyl (C=O) groups is 1. The van der Waals surface area contributed by atoms with Crippen molar-refractivity contribution in [2.75, 3.05) is 13.1 Å². The highest BCUT2D eigenvalue weighted by Gasteiger charge is 2.39. The highest BCUT2D eigenvalue weighted by Crippen LogP contribution is 2.31. The highest BCUT2D eigenvalue weighted by atomic mass is 35.5. The van der Waals surface area contributed by atoms with Crippen LogP contribution in [0.3, 0.4) is 0 Å². The van der Waals surface area contributed by atoms with Crippen LogP contribution < -0.4 is 5.32 Å². The van der Waals surface area contributed by atoms with Crippen molar-refractivity contribution >= 4 is 30.7 Å². The second-order valence-electron chi connectivity index (χ2n) is 6.90. The molecule has 26 heavy (non-hydrogen) atoms. The molecule has 2 atom stereocenters. The molecule has 142 valence electrons. The number of carbonyl (C=O) groups excluding carboxylic acids is 1. The van der Waals surface area contributed by atoms with Gasteiger partial charge in [-0.25, -0.2) is 4.98 Å². The molecule has 2 aliphatic heterocycles. The second kappa shape index (κ2) is 8.42. The van der Waals surface area contributed by atoms with Gasteiger partial charge >= 0.3 is 0 Å². The van der Waals surface area contributed by atoms with Crippen molar-refractivity contribution in [3.8, 4) is 5.82 Å². The van der Waals surface area contributed by atoms with Crippen LogP contribution in [0.2, 0.25) is 0 Å². The summed E-state index contributed by atoms with van der Waals surface area (Å²) in [6, 6.07) is 8.60. The quantitative estimate of drug-likeness (QED) is 0.846. The van der Waals surface area contributed by atoms with Gasteiger partial charge in [-0.3, -0.25) is 4.79 Å². The maximum absolute atomic E-state index is 13.3. The largest absolute Gasteiger partial charge is 0.331 e.